The van der Waals surface area contributed by atoms with Gasteiger partial charge in [0.25, 0.3) is 0 Å². The molecule has 0 saturated carbocycles. The molecule has 1 saturated heterocycles. The molecule has 1 aromatic heterocycles. The first kappa shape index (κ1) is 16.0. The van der Waals surface area contributed by atoms with Crippen molar-refractivity contribution in [1.29, 1.82) is 0 Å². The van der Waals surface area contributed by atoms with Crippen molar-refractivity contribution >= 4 is 11.9 Å². The summed E-state index contributed by atoms with van der Waals surface area (Å²) in [6, 6.07) is 9.27. The third kappa shape index (κ3) is 3.34. The first-order valence-electron chi connectivity index (χ1n) is 8.81. The lowest BCUT2D eigenvalue weighted by Crippen LogP contribution is -2.40. The Kier molecular flexibility index (Phi) is 4.35. The van der Waals surface area contributed by atoms with Crippen molar-refractivity contribution in [3.05, 3.63) is 35.4 Å². The minimum atomic E-state index is 0.0237. The average molecular weight is 341 g/mol. The highest BCUT2D eigenvalue weighted by molar-refractivity contribution is 5.76. The summed E-state index contributed by atoms with van der Waals surface area (Å²) < 4.78 is 1.35. The molecule has 0 radical (unpaired) electrons. The molecule has 2 aromatic rings. The van der Waals surface area contributed by atoms with Crippen LogP contribution in [0, 0.1) is 0 Å². The van der Waals surface area contributed by atoms with Gasteiger partial charge in [0.05, 0.1) is 0 Å². The highest BCUT2D eigenvalue weighted by Gasteiger charge is 2.29. The molecule has 4 rings (SSSR count). The average Bonchev–Trinajstić information content (AvgIpc) is 3.13. The summed E-state index contributed by atoms with van der Waals surface area (Å²) in [4.78, 5) is 17.0. The third-order valence-electron chi connectivity index (χ3n) is 5.27. The molecule has 1 aliphatic carbocycles. The Hall–Kier alpha value is -2.48. The van der Waals surface area contributed by atoms with E-state index in [9.17, 15) is 4.79 Å². The molecule has 0 atom stereocenters. The molecular weight excluding hydrogens is 318 g/mol. The summed E-state index contributed by atoms with van der Waals surface area (Å²) in [7, 11) is 0. The van der Waals surface area contributed by atoms with Gasteiger partial charge in [-0.25, -0.2) is 4.68 Å². The highest BCUT2D eigenvalue weighted by Crippen LogP contribution is 2.26. The van der Waals surface area contributed by atoms with E-state index in [0.717, 1.165) is 45.4 Å². The van der Waals surface area contributed by atoms with E-state index in [0.29, 0.717) is 6.04 Å². The molecule has 0 bridgehead atoms. The zero-order valence-electron chi connectivity index (χ0n) is 14.2. The van der Waals surface area contributed by atoms with Crippen LogP contribution in [0.5, 0.6) is 0 Å². The van der Waals surface area contributed by atoms with Crippen molar-refractivity contribution in [2.24, 2.45) is 0 Å². The SMILES string of the molecule is Nc1nnnn1CC(=O)N1CCCN(C2Cc3ccccc3C2)CC1. The minimum Gasteiger partial charge on any atom is -0.367 e. The van der Waals surface area contributed by atoms with Gasteiger partial charge in [0.1, 0.15) is 6.54 Å². The summed E-state index contributed by atoms with van der Waals surface area (Å²) in [5.41, 5.74) is 8.59. The van der Waals surface area contributed by atoms with Gasteiger partial charge < -0.3 is 10.6 Å². The van der Waals surface area contributed by atoms with Gasteiger partial charge in [-0.15, -0.1) is 0 Å². The molecule has 132 valence electrons. The topological polar surface area (TPSA) is 93.2 Å². The Bertz CT molecular complexity index is 734. The van der Waals surface area contributed by atoms with Gasteiger partial charge in [-0.05, 0) is 40.8 Å². The van der Waals surface area contributed by atoms with Crippen LogP contribution in [0.1, 0.15) is 17.5 Å². The number of nitrogen functional groups attached to an aromatic ring is 1. The molecule has 1 aromatic carbocycles. The van der Waals surface area contributed by atoms with E-state index in [1.165, 1.54) is 15.8 Å². The number of anilines is 1. The van der Waals surface area contributed by atoms with E-state index in [1.54, 1.807) is 0 Å². The number of fused-ring (bicyclic) bond motifs is 1. The molecule has 0 unspecified atom stereocenters. The van der Waals surface area contributed by atoms with Crippen LogP contribution in [0.25, 0.3) is 0 Å². The summed E-state index contributed by atoms with van der Waals surface area (Å²) in [6.45, 7) is 3.57. The molecule has 8 nitrogen and oxygen atoms in total. The number of carbonyl (C=O) groups excluding carboxylic acids is 1. The number of benzene rings is 1. The van der Waals surface area contributed by atoms with Crippen LogP contribution in [0.15, 0.2) is 24.3 Å². The summed E-state index contributed by atoms with van der Waals surface area (Å²) >= 11 is 0. The predicted molar refractivity (Wildman–Crippen MR) is 92.6 cm³/mol. The normalized spacial score (nSPS) is 19.0. The second-order valence-corrected chi connectivity index (χ2v) is 6.80. The number of amides is 1. The standard InChI is InChI=1S/C17H23N7O/c18-17-19-20-21-24(17)12-16(25)23-7-3-6-22(8-9-23)15-10-13-4-1-2-5-14(13)11-15/h1-2,4-5,15H,3,6-12H2,(H2,18,19,21). The number of rotatable bonds is 3. The summed E-state index contributed by atoms with van der Waals surface area (Å²) in [5.74, 6) is 0.198. The second-order valence-electron chi connectivity index (χ2n) is 6.80. The number of nitrogens with zero attached hydrogens (tertiary/aromatic N) is 6. The van der Waals surface area contributed by atoms with Crippen molar-refractivity contribution in [2.75, 3.05) is 31.9 Å². The number of aromatic nitrogens is 4. The van der Waals surface area contributed by atoms with Gasteiger partial charge in [-0.2, -0.15) is 0 Å². The molecule has 2 N–H and O–H groups in total. The van der Waals surface area contributed by atoms with E-state index in [2.05, 4.69) is 44.7 Å². The number of hydrogen-bond acceptors (Lipinski definition) is 6. The largest absolute Gasteiger partial charge is 0.367 e. The Morgan fingerprint density at radius 1 is 1.12 bits per heavy atom. The van der Waals surface area contributed by atoms with E-state index < -0.39 is 0 Å². The van der Waals surface area contributed by atoms with Crippen LogP contribution in [0.4, 0.5) is 5.95 Å². The van der Waals surface area contributed by atoms with Gasteiger partial charge in [0.15, 0.2) is 0 Å². The van der Waals surface area contributed by atoms with Gasteiger partial charge in [0, 0.05) is 32.2 Å². The van der Waals surface area contributed by atoms with Gasteiger partial charge >= 0.3 is 0 Å². The molecule has 1 amide bonds. The lowest BCUT2D eigenvalue weighted by atomic mass is 10.1. The molecule has 2 aliphatic rings. The van der Waals surface area contributed by atoms with Gasteiger partial charge in [-0.3, -0.25) is 9.69 Å². The van der Waals surface area contributed by atoms with Crippen LogP contribution in [-0.2, 0) is 24.2 Å². The summed E-state index contributed by atoms with van der Waals surface area (Å²) in [6.07, 6.45) is 3.22. The minimum absolute atomic E-state index is 0.0237. The Balaban J connectivity index is 1.35. The maximum atomic E-state index is 12.5. The number of hydrogen-bond donors (Lipinski definition) is 1. The fourth-order valence-electron chi connectivity index (χ4n) is 3.90. The third-order valence-corrected chi connectivity index (χ3v) is 5.27. The highest BCUT2D eigenvalue weighted by atomic mass is 16.2. The zero-order valence-corrected chi connectivity index (χ0v) is 14.2. The van der Waals surface area contributed by atoms with Crippen molar-refractivity contribution < 1.29 is 4.79 Å². The fourth-order valence-corrected chi connectivity index (χ4v) is 3.90. The molecule has 0 spiro atoms. The first-order valence-corrected chi connectivity index (χ1v) is 8.81. The lowest BCUT2D eigenvalue weighted by Gasteiger charge is -2.27. The molecule has 1 fully saturated rings. The van der Waals surface area contributed by atoms with Crippen molar-refractivity contribution in [1.82, 2.24) is 30.0 Å². The maximum Gasteiger partial charge on any atom is 0.244 e. The quantitative estimate of drug-likeness (QED) is 0.842. The van der Waals surface area contributed by atoms with E-state index >= 15 is 0 Å². The number of carbonyl (C=O) groups is 1. The molecular formula is C17H23N7O. The van der Waals surface area contributed by atoms with E-state index in [1.807, 2.05) is 4.90 Å². The van der Waals surface area contributed by atoms with Crippen molar-refractivity contribution in [2.45, 2.75) is 31.8 Å². The smallest absolute Gasteiger partial charge is 0.244 e. The molecule has 8 heteroatoms. The molecule has 2 heterocycles. The monoisotopic (exact) mass is 341 g/mol. The Morgan fingerprint density at radius 3 is 2.56 bits per heavy atom. The van der Waals surface area contributed by atoms with E-state index in [4.69, 9.17) is 5.73 Å². The van der Waals surface area contributed by atoms with Crippen LogP contribution < -0.4 is 5.73 Å². The Morgan fingerprint density at radius 2 is 1.88 bits per heavy atom. The predicted octanol–water partition coefficient (Wildman–Crippen LogP) is -0.0430. The number of nitrogens with two attached hydrogens (primary N) is 1. The lowest BCUT2D eigenvalue weighted by molar-refractivity contribution is -0.131. The van der Waals surface area contributed by atoms with Crippen LogP contribution in [0.3, 0.4) is 0 Å². The van der Waals surface area contributed by atoms with Gasteiger partial charge in [-0.1, -0.05) is 29.4 Å². The van der Waals surface area contributed by atoms with Crippen LogP contribution in [0.2, 0.25) is 0 Å². The van der Waals surface area contributed by atoms with Crippen molar-refractivity contribution in [3.8, 4) is 0 Å². The van der Waals surface area contributed by atoms with Gasteiger partial charge in [0.2, 0.25) is 11.9 Å². The first-order chi connectivity index (χ1) is 12.2. The van der Waals surface area contributed by atoms with Crippen molar-refractivity contribution in [3.63, 3.8) is 0 Å². The fraction of sp³-hybridized carbons (Fsp3) is 0.529. The van der Waals surface area contributed by atoms with Crippen LogP contribution >= 0.6 is 0 Å². The zero-order chi connectivity index (χ0) is 17.2. The molecule has 25 heavy (non-hydrogen) atoms. The summed E-state index contributed by atoms with van der Waals surface area (Å²) in [5, 5.41) is 10.8. The maximum absolute atomic E-state index is 12.5. The molecule has 1 aliphatic heterocycles. The Labute approximate surface area is 146 Å². The second kappa shape index (κ2) is 6.79. The number of tetrazole rings is 1. The van der Waals surface area contributed by atoms with E-state index in [-0.39, 0.29) is 18.4 Å². The van der Waals surface area contributed by atoms with Crippen LogP contribution in [-0.4, -0.2) is 68.1 Å².